The maximum Gasteiger partial charge on any atom is 0.236 e. The van der Waals surface area contributed by atoms with Gasteiger partial charge in [0.2, 0.25) is 5.91 Å². The summed E-state index contributed by atoms with van der Waals surface area (Å²) in [6, 6.07) is 0.640. The fraction of sp³-hybridized carbons (Fsp3) is 0.905. The van der Waals surface area contributed by atoms with Crippen molar-refractivity contribution in [3.05, 3.63) is 0 Å². The molecule has 6 nitrogen and oxygen atoms in total. The van der Waals surface area contributed by atoms with E-state index < -0.39 is 0 Å². The predicted molar refractivity (Wildman–Crippen MR) is 109 cm³/mol. The first-order valence-electron chi connectivity index (χ1n) is 11.2. The molecule has 2 heterocycles. The van der Waals surface area contributed by atoms with Crippen molar-refractivity contribution < 1.29 is 4.79 Å². The summed E-state index contributed by atoms with van der Waals surface area (Å²) in [6.07, 6.45) is 10.8. The van der Waals surface area contributed by atoms with E-state index in [4.69, 9.17) is 0 Å². The number of aliphatic imine (C=N–C) groups is 1. The maximum absolute atomic E-state index is 12.4. The minimum Gasteiger partial charge on any atom is -0.353 e. The van der Waals surface area contributed by atoms with Crippen molar-refractivity contribution in [2.45, 2.75) is 57.4 Å². The van der Waals surface area contributed by atoms with Gasteiger partial charge in [-0.25, -0.2) is 0 Å². The third kappa shape index (κ3) is 4.76. The van der Waals surface area contributed by atoms with Crippen molar-refractivity contribution in [1.82, 2.24) is 20.0 Å². The molecule has 152 valence electrons. The van der Waals surface area contributed by atoms with Crippen LogP contribution in [0.5, 0.6) is 0 Å². The molecule has 2 saturated carbocycles. The molecule has 2 saturated heterocycles. The quantitative estimate of drug-likeness (QED) is 0.601. The second-order valence-electron chi connectivity index (χ2n) is 8.95. The number of amides is 1. The largest absolute Gasteiger partial charge is 0.353 e. The molecular formula is C21H37N5O. The number of guanidine groups is 1. The first-order valence-corrected chi connectivity index (χ1v) is 11.2. The van der Waals surface area contributed by atoms with Crippen LogP contribution in [0.4, 0.5) is 0 Å². The molecule has 2 atom stereocenters. The summed E-state index contributed by atoms with van der Waals surface area (Å²) in [5.74, 6) is 3.21. The van der Waals surface area contributed by atoms with Crippen LogP contribution in [-0.4, -0.2) is 85.5 Å². The van der Waals surface area contributed by atoms with Crippen LogP contribution in [0.15, 0.2) is 4.99 Å². The van der Waals surface area contributed by atoms with Crippen molar-refractivity contribution >= 4 is 11.9 Å². The zero-order chi connectivity index (χ0) is 18.6. The molecule has 4 aliphatic rings. The topological polar surface area (TPSA) is 51.2 Å². The van der Waals surface area contributed by atoms with Crippen LogP contribution in [0.25, 0.3) is 0 Å². The number of nitrogens with zero attached hydrogens (tertiary/aromatic N) is 4. The summed E-state index contributed by atoms with van der Waals surface area (Å²) >= 11 is 0. The van der Waals surface area contributed by atoms with Gasteiger partial charge in [-0.1, -0.05) is 32.1 Å². The summed E-state index contributed by atoms with van der Waals surface area (Å²) < 4.78 is 0. The van der Waals surface area contributed by atoms with E-state index in [1.807, 2.05) is 11.9 Å². The molecular weight excluding hydrogens is 338 g/mol. The fourth-order valence-electron chi connectivity index (χ4n) is 5.30. The standard InChI is InChI=1S/C21H37N5O/c1-22-21(23-19-15-18(19)17-7-3-2-4-8-17)26-13-11-24(12-14-26)16-20(27)25-9-5-6-10-25/h17-19H,2-16H2,1H3,(H,22,23). The number of carbonyl (C=O) groups is 1. The highest BCUT2D eigenvalue weighted by Gasteiger charge is 2.44. The summed E-state index contributed by atoms with van der Waals surface area (Å²) in [4.78, 5) is 23.6. The van der Waals surface area contributed by atoms with E-state index in [1.165, 1.54) is 51.4 Å². The number of hydrogen-bond acceptors (Lipinski definition) is 3. The second kappa shape index (κ2) is 8.80. The number of nitrogens with one attached hydrogen (secondary N) is 1. The normalized spacial score (nSPS) is 30.6. The van der Waals surface area contributed by atoms with Gasteiger partial charge in [-0.3, -0.25) is 14.7 Å². The smallest absolute Gasteiger partial charge is 0.236 e. The lowest BCUT2D eigenvalue weighted by Gasteiger charge is -2.36. The van der Waals surface area contributed by atoms with Crippen molar-refractivity contribution in [2.24, 2.45) is 16.8 Å². The van der Waals surface area contributed by atoms with Gasteiger partial charge >= 0.3 is 0 Å². The van der Waals surface area contributed by atoms with Crippen molar-refractivity contribution in [2.75, 3.05) is 52.9 Å². The van der Waals surface area contributed by atoms with E-state index in [0.29, 0.717) is 18.5 Å². The van der Waals surface area contributed by atoms with Gasteiger partial charge in [-0.2, -0.15) is 0 Å². The molecule has 2 aliphatic carbocycles. The average Bonchev–Trinajstić information content (AvgIpc) is 3.25. The molecule has 4 rings (SSSR count). The lowest BCUT2D eigenvalue weighted by molar-refractivity contribution is -0.131. The van der Waals surface area contributed by atoms with Gasteiger partial charge in [0, 0.05) is 52.4 Å². The molecule has 0 aromatic heterocycles. The summed E-state index contributed by atoms with van der Waals surface area (Å²) in [5.41, 5.74) is 0. The Morgan fingerprint density at radius 2 is 1.63 bits per heavy atom. The minimum absolute atomic E-state index is 0.316. The van der Waals surface area contributed by atoms with E-state index in [2.05, 4.69) is 20.1 Å². The van der Waals surface area contributed by atoms with Crippen molar-refractivity contribution in [1.29, 1.82) is 0 Å². The van der Waals surface area contributed by atoms with Crippen LogP contribution in [0.3, 0.4) is 0 Å². The second-order valence-corrected chi connectivity index (χ2v) is 8.95. The van der Waals surface area contributed by atoms with Gasteiger partial charge < -0.3 is 15.1 Å². The van der Waals surface area contributed by atoms with Gasteiger partial charge in [-0.05, 0) is 31.1 Å². The van der Waals surface area contributed by atoms with Gasteiger partial charge in [0.15, 0.2) is 5.96 Å². The lowest BCUT2D eigenvalue weighted by atomic mass is 9.85. The van der Waals surface area contributed by atoms with E-state index in [0.717, 1.165) is 57.1 Å². The zero-order valence-electron chi connectivity index (χ0n) is 17.0. The van der Waals surface area contributed by atoms with Crippen molar-refractivity contribution in [3.8, 4) is 0 Å². The van der Waals surface area contributed by atoms with Crippen LogP contribution in [-0.2, 0) is 4.79 Å². The molecule has 0 aromatic rings. The van der Waals surface area contributed by atoms with Crippen LogP contribution < -0.4 is 5.32 Å². The first-order chi connectivity index (χ1) is 13.2. The molecule has 0 bridgehead atoms. The van der Waals surface area contributed by atoms with E-state index >= 15 is 0 Å². The Hall–Kier alpha value is -1.30. The van der Waals surface area contributed by atoms with E-state index in [1.54, 1.807) is 0 Å². The number of hydrogen-bond donors (Lipinski definition) is 1. The Morgan fingerprint density at radius 1 is 0.926 bits per heavy atom. The Kier molecular flexibility index (Phi) is 6.21. The fourth-order valence-corrected chi connectivity index (χ4v) is 5.30. The Bertz CT molecular complexity index is 531. The highest BCUT2D eigenvalue weighted by molar-refractivity contribution is 5.81. The first kappa shape index (κ1) is 19.0. The summed E-state index contributed by atoms with van der Waals surface area (Å²) in [7, 11) is 1.91. The SMILES string of the molecule is CN=C(NC1CC1C1CCCCC1)N1CCN(CC(=O)N2CCCC2)CC1. The molecule has 1 amide bonds. The van der Waals surface area contributed by atoms with Crippen LogP contribution in [0, 0.1) is 11.8 Å². The number of carbonyl (C=O) groups excluding carboxylic acids is 1. The molecule has 1 N–H and O–H groups in total. The highest BCUT2D eigenvalue weighted by Crippen LogP contribution is 2.44. The summed E-state index contributed by atoms with van der Waals surface area (Å²) in [5, 5.41) is 3.74. The monoisotopic (exact) mass is 375 g/mol. The van der Waals surface area contributed by atoms with E-state index in [-0.39, 0.29) is 0 Å². The van der Waals surface area contributed by atoms with Gasteiger partial charge in [0.25, 0.3) is 0 Å². The molecule has 6 heteroatoms. The van der Waals surface area contributed by atoms with Crippen molar-refractivity contribution in [3.63, 3.8) is 0 Å². The Morgan fingerprint density at radius 3 is 2.30 bits per heavy atom. The minimum atomic E-state index is 0.316. The van der Waals surface area contributed by atoms with Crippen LogP contribution >= 0.6 is 0 Å². The van der Waals surface area contributed by atoms with Gasteiger partial charge in [0.05, 0.1) is 6.54 Å². The Balaban J connectivity index is 1.19. The average molecular weight is 376 g/mol. The van der Waals surface area contributed by atoms with Gasteiger partial charge in [0.1, 0.15) is 0 Å². The molecule has 27 heavy (non-hydrogen) atoms. The zero-order valence-corrected chi connectivity index (χ0v) is 17.0. The van der Waals surface area contributed by atoms with Crippen LogP contribution in [0.2, 0.25) is 0 Å². The third-order valence-electron chi connectivity index (χ3n) is 7.11. The predicted octanol–water partition coefficient (Wildman–Crippen LogP) is 1.77. The van der Waals surface area contributed by atoms with E-state index in [9.17, 15) is 4.79 Å². The molecule has 2 unspecified atom stereocenters. The lowest BCUT2D eigenvalue weighted by Crippen LogP contribution is -2.54. The molecule has 0 spiro atoms. The van der Waals surface area contributed by atoms with Gasteiger partial charge in [-0.15, -0.1) is 0 Å². The number of rotatable bonds is 4. The molecule has 0 aromatic carbocycles. The Labute approximate surface area is 164 Å². The molecule has 0 radical (unpaired) electrons. The highest BCUT2D eigenvalue weighted by atomic mass is 16.2. The maximum atomic E-state index is 12.4. The molecule has 2 aliphatic heterocycles. The number of piperazine rings is 1. The summed E-state index contributed by atoms with van der Waals surface area (Å²) in [6.45, 7) is 6.35. The van der Waals surface area contributed by atoms with Crippen LogP contribution in [0.1, 0.15) is 51.4 Å². The third-order valence-corrected chi connectivity index (χ3v) is 7.11. The number of likely N-dealkylation sites (tertiary alicyclic amines) is 1. The molecule has 4 fully saturated rings.